The van der Waals surface area contributed by atoms with Gasteiger partial charge in [-0.2, -0.15) is 0 Å². The fourth-order valence-corrected chi connectivity index (χ4v) is 2.10. The summed E-state index contributed by atoms with van der Waals surface area (Å²) in [5, 5.41) is 10.4. The highest BCUT2D eigenvalue weighted by Crippen LogP contribution is 2.30. The maximum Gasteiger partial charge on any atom is 0.127 e. The summed E-state index contributed by atoms with van der Waals surface area (Å²) in [6.45, 7) is 3.22. The van der Waals surface area contributed by atoms with Gasteiger partial charge in [0.1, 0.15) is 17.7 Å². The van der Waals surface area contributed by atoms with Crippen LogP contribution in [0.15, 0.2) is 30.3 Å². The summed E-state index contributed by atoms with van der Waals surface area (Å²) < 4.78 is 26.8. The van der Waals surface area contributed by atoms with Gasteiger partial charge < -0.3 is 5.11 Å². The van der Waals surface area contributed by atoms with Gasteiger partial charge in [-0.05, 0) is 48.7 Å². The van der Waals surface area contributed by atoms with Crippen molar-refractivity contribution in [3.05, 3.63) is 69.2 Å². The van der Waals surface area contributed by atoms with Gasteiger partial charge in [-0.15, -0.1) is 0 Å². The number of benzene rings is 2. The van der Waals surface area contributed by atoms with Crippen LogP contribution < -0.4 is 0 Å². The van der Waals surface area contributed by atoms with Crippen LogP contribution in [-0.2, 0) is 0 Å². The molecule has 100 valence electrons. The Kier molecular flexibility index (Phi) is 3.88. The number of aliphatic hydroxyl groups excluding tert-OH is 1. The van der Waals surface area contributed by atoms with Gasteiger partial charge in [0.15, 0.2) is 0 Å². The van der Waals surface area contributed by atoms with Crippen molar-refractivity contribution >= 4 is 11.6 Å². The van der Waals surface area contributed by atoms with Crippen molar-refractivity contribution in [1.82, 2.24) is 0 Å². The topological polar surface area (TPSA) is 20.2 Å². The van der Waals surface area contributed by atoms with E-state index in [1.165, 1.54) is 12.1 Å². The fraction of sp³-hybridized carbons (Fsp3) is 0.200. The molecule has 0 aliphatic heterocycles. The molecule has 0 spiro atoms. The fourth-order valence-electron chi connectivity index (χ4n) is 1.85. The van der Waals surface area contributed by atoms with E-state index in [2.05, 4.69) is 0 Å². The third kappa shape index (κ3) is 2.77. The number of hydrogen-bond acceptors (Lipinski definition) is 1. The minimum atomic E-state index is -1.08. The minimum Gasteiger partial charge on any atom is -0.384 e. The van der Waals surface area contributed by atoms with Crippen molar-refractivity contribution in [2.75, 3.05) is 0 Å². The molecule has 0 aliphatic rings. The number of hydrogen-bond donors (Lipinski definition) is 1. The summed E-state index contributed by atoms with van der Waals surface area (Å²) >= 11 is 5.92. The molecule has 2 rings (SSSR count). The van der Waals surface area contributed by atoms with Crippen LogP contribution in [0.5, 0.6) is 0 Å². The maximum absolute atomic E-state index is 13.5. The average molecular weight is 283 g/mol. The molecule has 1 N–H and O–H groups in total. The second kappa shape index (κ2) is 5.27. The Morgan fingerprint density at radius 3 is 2.26 bits per heavy atom. The molecule has 4 heteroatoms. The van der Waals surface area contributed by atoms with Gasteiger partial charge in [-0.3, -0.25) is 0 Å². The van der Waals surface area contributed by atoms with Gasteiger partial charge in [-0.25, -0.2) is 8.78 Å². The van der Waals surface area contributed by atoms with Crippen molar-refractivity contribution in [3.63, 3.8) is 0 Å². The van der Waals surface area contributed by atoms with Crippen LogP contribution in [0.3, 0.4) is 0 Å². The van der Waals surface area contributed by atoms with Crippen molar-refractivity contribution in [1.29, 1.82) is 0 Å². The highest BCUT2D eigenvalue weighted by Gasteiger charge is 2.17. The Balaban J connectivity index is 2.46. The van der Waals surface area contributed by atoms with Crippen LogP contribution in [-0.4, -0.2) is 5.11 Å². The van der Waals surface area contributed by atoms with E-state index in [1.807, 2.05) is 0 Å². The summed E-state index contributed by atoms with van der Waals surface area (Å²) in [6, 6.07) is 7.09. The van der Waals surface area contributed by atoms with Crippen LogP contribution in [0, 0.1) is 25.5 Å². The third-order valence-electron chi connectivity index (χ3n) is 3.08. The first-order valence-corrected chi connectivity index (χ1v) is 6.17. The molecular formula is C15H13ClF2O. The zero-order chi connectivity index (χ0) is 14.2. The largest absolute Gasteiger partial charge is 0.384 e. The normalized spacial score (nSPS) is 12.5. The lowest BCUT2D eigenvalue weighted by atomic mass is 9.98. The Morgan fingerprint density at radius 1 is 1.00 bits per heavy atom. The summed E-state index contributed by atoms with van der Waals surface area (Å²) in [4.78, 5) is 0. The number of aryl methyl sites for hydroxylation is 2. The molecule has 0 saturated carbocycles. The van der Waals surface area contributed by atoms with Crippen molar-refractivity contribution in [2.24, 2.45) is 0 Å². The highest BCUT2D eigenvalue weighted by atomic mass is 35.5. The summed E-state index contributed by atoms with van der Waals surface area (Å²) in [7, 11) is 0. The predicted molar refractivity (Wildman–Crippen MR) is 71.3 cm³/mol. The Labute approximate surface area is 115 Å². The predicted octanol–water partition coefficient (Wildman–Crippen LogP) is 4.32. The van der Waals surface area contributed by atoms with E-state index < -0.39 is 17.7 Å². The molecule has 1 nitrogen and oxygen atoms in total. The smallest absolute Gasteiger partial charge is 0.127 e. The van der Waals surface area contributed by atoms with Gasteiger partial charge in [0, 0.05) is 10.6 Å². The third-order valence-corrected chi connectivity index (χ3v) is 3.41. The molecule has 0 saturated heterocycles. The molecule has 0 aliphatic carbocycles. The van der Waals surface area contributed by atoms with E-state index in [1.54, 1.807) is 26.0 Å². The summed E-state index contributed by atoms with van der Waals surface area (Å²) in [6.07, 6.45) is -1.08. The maximum atomic E-state index is 13.5. The number of rotatable bonds is 2. The second-order valence-corrected chi connectivity index (χ2v) is 4.94. The molecule has 0 fully saturated rings. The first kappa shape index (κ1) is 14.0. The molecular weight excluding hydrogens is 270 g/mol. The van der Waals surface area contributed by atoms with E-state index in [9.17, 15) is 13.9 Å². The first-order valence-electron chi connectivity index (χ1n) is 5.80. The lowest BCUT2D eigenvalue weighted by Crippen LogP contribution is -2.03. The van der Waals surface area contributed by atoms with Crippen LogP contribution in [0.2, 0.25) is 5.02 Å². The summed E-state index contributed by atoms with van der Waals surface area (Å²) in [5.74, 6) is -0.831. The number of halogens is 3. The number of aliphatic hydroxyl groups is 1. The molecule has 0 heterocycles. The van der Waals surface area contributed by atoms with E-state index in [-0.39, 0.29) is 5.02 Å². The monoisotopic (exact) mass is 282 g/mol. The second-order valence-electron chi connectivity index (χ2n) is 4.53. The van der Waals surface area contributed by atoms with E-state index in [4.69, 9.17) is 11.6 Å². The zero-order valence-corrected chi connectivity index (χ0v) is 11.3. The van der Waals surface area contributed by atoms with Crippen molar-refractivity contribution < 1.29 is 13.9 Å². The summed E-state index contributed by atoms with van der Waals surface area (Å²) in [5.41, 5.74) is 1.63. The van der Waals surface area contributed by atoms with Gasteiger partial charge >= 0.3 is 0 Å². The molecule has 0 bridgehead atoms. The van der Waals surface area contributed by atoms with Crippen LogP contribution in [0.1, 0.15) is 28.4 Å². The van der Waals surface area contributed by atoms with Crippen LogP contribution in [0.25, 0.3) is 0 Å². The van der Waals surface area contributed by atoms with E-state index in [0.29, 0.717) is 22.3 Å². The molecule has 1 unspecified atom stereocenters. The van der Waals surface area contributed by atoms with Gasteiger partial charge in [0.25, 0.3) is 0 Å². The minimum absolute atomic E-state index is 0.122. The van der Waals surface area contributed by atoms with E-state index >= 15 is 0 Å². The lowest BCUT2D eigenvalue weighted by molar-refractivity contribution is 0.219. The Hall–Kier alpha value is -1.45. The molecule has 0 amide bonds. The SMILES string of the molecule is Cc1ccc(C(O)c2cc(C)c(F)cc2Cl)cc1F. The highest BCUT2D eigenvalue weighted by molar-refractivity contribution is 6.31. The Bertz CT molecular complexity index is 626. The molecule has 1 atom stereocenters. The zero-order valence-electron chi connectivity index (χ0n) is 10.5. The molecule has 2 aromatic rings. The first-order chi connectivity index (χ1) is 8.90. The Morgan fingerprint density at radius 2 is 1.63 bits per heavy atom. The van der Waals surface area contributed by atoms with Crippen molar-refractivity contribution in [3.8, 4) is 0 Å². The molecule has 0 radical (unpaired) electrons. The van der Waals surface area contributed by atoms with Gasteiger partial charge in [0.2, 0.25) is 0 Å². The van der Waals surface area contributed by atoms with Crippen molar-refractivity contribution in [2.45, 2.75) is 20.0 Å². The molecule has 0 aromatic heterocycles. The van der Waals surface area contributed by atoms with E-state index in [0.717, 1.165) is 6.07 Å². The molecule has 2 aromatic carbocycles. The van der Waals surface area contributed by atoms with Crippen LogP contribution in [0.4, 0.5) is 8.78 Å². The van der Waals surface area contributed by atoms with Gasteiger partial charge in [0.05, 0.1) is 0 Å². The quantitative estimate of drug-likeness (QED) is 0.870. The standard InChI is InChI=1S/C15H13ClF2O/c1-8-3-4-10(6-13(8)17)15(19)11-5-9(2)14(18)7-12(11)16/h3-7,15,19H,1-2H3. The van der Waals surface area contributed by atoms with Crippen LogP contribution >= 0.6 is 11.6 Å². The lowest BCUT2D eigenvalue weighted by Gasteiger charge is -2.15. The van der Waals surface area contributed by atoms with Gasteiger partial charge in [-0.1, -0.05) is 23.7 Å². The molecule has 19 heavy (non-hydrogen) atoms. The average Bonchev–Trinajstić information content (AvgIpc) is 2.36.